The van der Waals surface area contributed by atoms with Crippen LogP contribution in [0, 0.1) is 0 Å². The van der Waals surface area contributed by atoms with Gasteiger partial charge in [0.2, 0.25) is 0 Å². The lowest BCUT2D eigenvalue weighted by molar-refractivity contribution is -0.141. The van der Waals surface area contributed by atoms with Crippen molar-refractivity contribution in [2.45, 2.75) is 12.5 Å². The number of nitrogens with zero attached hydrogens (tertiary/aromatic N) is 1. The Morgan fingerprint density at radius 3 is 2.46 bits per heavy atom. The molecule has 0 spiro atoms. The number of aliphatic carboxylic acids is 1. The number of benzene rings is 2. The van der Waals surface area contributed by atoms with Gasteiger partial charge in [-0.25, -0.2) is 4.79 Å². The summed E-state index contributed by atoms with van der Waals surface area (Å²) in [5, 5.41) is 9.57. The molecular weight excluding hydrogens is 334 g/mol. The lowest BCUT2D eigenvalue weighted by Crippen LogP contribution is -2.43. The second-order valence-electron chi connectivity index (χ2n) is 5.83. The smallest absolute Gasteiger partial charge is 0.326 e. The fraction of sp³-hybridized carbons (Fsp3) is 0.300. The SMILES string of the molecule is COCCOc1cccc(C(=O)N(C)C(Cc2ccccc2)C(=O)O)c1. The maximum atomic E-state index is 12.7. The first-order valence-electron chi connectivity index (χ1n) is 8.28. The second-order valence-corrected chi connectivity index (χ2v) is 5.83. The molecular formula is C20H23NO5. The average molecular weight is 357 g/mol. The van der Waals surface area contributed by atoms with E-state index in [9.17, 15) is 14.7 Å². The molecule has 0 saturated heterocycles. The molecule has 0 aliphatic carbocycles. The largest absolute Gasteiger partial charge is 0.491 e. The molecule has 2 rings (SSSR count). The fourth-order valence-electron chi connectivity index (χ4n) is 2.53. The van der Waals surface area contributed by atoms with Crippen LogP contribution in [0.2, 0.25) is 0 Å². The molecule has 1 amide bonds. The third-order valence-corrected chi connectivity index (χ3v) is 3.98. The quantitative estimate of drug-likeness (QED) is 0.698. The fourth-order valence-corrected chi connectivity index (χ4v) is 2.53. The van der Waals surface area contributed by atoms with Crippen molar-refractivity contribution in [1.29, 1.82) is 0 Å². The van der Waals surface area contributed by atoms with Gasteiger partial charge in [0, 0.05) is 26.1 Å². The van der Waals surface area contributed by atoms with Gasteiger partial charge in [0.1, 0.15) is 18.4 Å². The van der Waals surface area contributed by atoms with Crippen molar-refractivity contribution in [2.24, 2.45) is 0 Å². The molecule has 0 heterocycles. The van der Waals surface area contributed by atoms with Gasteiger partial charge >= 0.3 is 5.97 Å². The van der Waals surface area contributed by atoms with E-state index in [0.717, 1.165) is 5.56 Å². The minimum atomic E-state index is -1.04. The lowest BCUT2D eigenvalue weighted by Gasteiger charge is -2.25. The maximum Gasteiger partial charge on any atom is 0.326 e. The summed E-state index contributed by atoms with van der Waals surface area (Å²) in [6.45, 7) is 0.811. The highest BCUT2D eigenvalue weighted by molar-refractivity contribution is 5.96. The van der Waals surface area contributed by atoms with Crippen molar-refractivity contribution in [3.8, 4) is 5.75 Å². The van der Waals surface area contributed by atoms with Crippen LogP contribution in [-0.4, -0.2) is 55.3 Å². The van der Waals surface area contributed by atoms with Crippen LogP contribution >= 0.6 is 0 Å². The van der Waals surface area contributed by atoms with Crippen LogP contribution in [-0.2, 0) is 16.0 Å². The number of carbonyl (C=O) groups is 2. The van der Waals surface area contributed by atoms with Crippen LogP contribution in [0.15, 0.2) is 54.6 Å². The Morgan fingerprint density at radius 2 is 1.81 bits per heavy atom. The summed E-state index contributed by atoms with van der Waals surface area (Å²) in [4.78, 5) is 25.7. The van der Waals surface area contributed by atoms with E-state index >= 15 is 0 Å². The molecule has 6 heteroatoms. The van der Waals surface area contributed by atoms with Crippen LogP contribution in [0.5, 0.6) is 5.75 Å². The zero-order valence-corrected chi connectivity index (χ0v) is 14.9. The molecule has 6 nitrogen and oxygen atoms in total. The highest BCUT2D eigenvalue weighted by atomic mass is 16.5. The topological polar surface area (TPSA) is 76.1 Å². The summed E-state index contributed by atoms with van der Waals surface area (Å²) in [7, 11) is 3.08. The van der Waals surface area contributed by atoms with E-state index in [1.807, 2.05) is 30.3 Å². The molecule has 1 unspecified atom stereocenters. The number of hydrogen-bond donors (Lipinski definition) is 1. The third-order valence-electron chi connectivity index (χ3n) is 3.98. The van der Waals surface area contributed by atoms with Gasteiger partial charge in [0.25, 0.3) is 5.91 Å². The zero-order valence-electron chi connectivity index (χ0n) is 14.9. The number of rotatable bonds is 9. The second kappa shape index (κ2) is 9.58. The predicted octanol–water partition coefficient (Wildman–Crippen LogP) is 2.48. The highest BCUT2D eigenvalue weighted by Crippen LogP contribution is 2.17. The molecule has 0 radical (unpaired) electrons. The van der Waals surface area contributed by atoms with Gasteiger partial charge in [-0.3, -0.25) is 4.79 Å². The monoisotopic (exact) mass is 357 g/mol. The van der Waals surface area contributed by atoms with Crippen LogP contribution in [0.3, 0.4) is 0 Å². The minimum absolute atomic E-state index is 0.239. The van der Waals surface area contributed by atoms with Gasteiger partial charge in [-0.05, 0) is 23.8 Å². The summed E-state index contributed by atoms with van der Waals surface area (Å²) in [5.41, 5.74) is 1.23. The zero-order chi connectivity index (χ0) is 18.9. The molecule has 2 aromatic carbocycles. The first kappa shape index (κ1) is 19.5. The number of carbonyl (C=O) groups excluding carboxylic acids is 1. The molecule has 2 aromatic rings. The predicted molar refractivity (Wildman–Crippen MR) is 97.5 cm³/mol. The summed E-state index contributed by atoms with van der Waals surface area (Å²) in [5.74, 6) is -0.876. The Morgan fingerprint density at radius 1 is 1.08 bits per heavy atom. The molecule has 26 heavy (non-hydrogen) atoms. The Kier molecular flexibility index (Phi) is 7.17. The van der Waals surface area contributed by atoms with Crippen LogP contribution in [0.25, 0.3) is 0 Å². The van der Waals surface area contributed by atoms with Gasteiger partial charge in [0.05, 0.1) is 6.61 Å². The van der Waals surface area contributed by atoms with Crippen LogP contribution < -0.4 is 4.74 Å². The van der Waals surface area contributed by atoms with E-state index in [-0.39, 0.29) is 12.3 Å². The van der Waals surface area contributed by atoms with Crippen molar-refractivity contribution in [1.82, 2.24) is 4.90 Å². The molecule has 138 valence electrons. The van der Waals surface area contributed by atoms with Crippen molar-refractivity contribution in [2.75, 3.05) is 27.4 Å². The Labute approximate surface area is 153 Å². The van der Waals surface area contributed by atoms with E-state index in [4.69, 9.17) is 9.47 Å². The average Bonchev–Trinajstić information content (AvgIpc) is 2.66. The van der Waals surface area contributed by atoms with Crippen molar-refractivity contribution in [3.05, 3.63) is 65.7 Å². The summed E-state index contributed by atoms with van der Waals surface area (Å²) < 4.78 is 10.4. The number of carboxylic acid groups (broad SMARTS) is 1. The summed E-state index contributed by atoms with van der Waals surface area (Å²) in [6.07, 6.45) is 0.239. The van der Waals surface area contributed by atoms with E-state index in [1.54, 1.807) is 31.4 Å². The maximum absolute atomic E-state index is 12.7. The van der Waals surface area contributed by atoms with Gasteiger partial charge in [0.15, 0.2) is 0 Å². The highest BCUT2D eigenvalue weighted by Gasteiger charge is 2.27. The number of carboxylic acids is 1. The number of hydrogen-bond acceptors (Lipinski definition) is 4. The number of amides is 1. The van der Waals surface area contributed by atoms with Gasteiger partial charge in [-0.15, -0.1) is 0 Å². The van der Waals surface area contributed by atoms with Gasteiger partial charge in [-0.1, -0.05) is 36.4 Å². The molecule has 0 aliphatic rings. The molecule has 0 aromatic heterocycles. The first-order chi connectivity index (χ1) is 12.5. The van der Waals surface area contributed by atoms with Crippen molar-refractivity contribution < 1.29 is 24.2 Å². The first-order valence-corrected chi connectivity index (χ1v) is 8.28. The Balaban J connectivity index is 2.13. The third kappa shape index (κ3) is 5.32. The van der Waals surface area contributed by atoms with E-state index in [1.165, 1.54) is 11.9 Å². The minimum Gasteiger partial charge on any atom is -0.491 e. The number of ether oxygens (including phenoxy) is 2. The molecule has 0 aliphatic heterocycles. The molecule has 0 saturated carbocycles. The van der Waals surface area contributed by atoms with Crippen LogP contribution in [0.4, 0.5) is 0 Å². The molecule has 1 atom stereocenters. The Hall–Kier alpha value is -2.86. The Bertz CT molecular complexity index is 732. The standard InChI is InChI=1S/C20H23NO5/c1-21(18(20(23)24)13-15-7-4-3-5-8-15)19(22)16-9-6-10-17(14-16)26-12-11-25-2/h3-10,14,18H,11-13H2,1-2H3,(H,23,24). The van der Waals surface area contributed by atoms with Gasteiger partial charge in [-0.2, -0.15) is 0 Å². The van der Waals surface area contributed by atoms with E-state index in [2.05, 4.69) is 0 Å². The van der Waals surface area contributed by atoms with E-state index in [0.29, 0.717) is 24.5 Å². The van der Waals surface area contributed by atoms with Crippen molar-refractivity contribution in [3.63, 3.8) is 0 Å². The lowest BCUT2D eigenvalue weighted by atomic mass is 10.0. The number of methoxy groups -OCH3 is 1. The molecule has 1 N–H and O–H groups in total. The molecule has 0 fully saturated rings. The van der Waals surface area contributed by atoms with Gasteiger partial charge < -0.3 is 19.5 Å². The molecule has 0 bridgehead atoms. The normalized spacial score (nSPS) is 11.6. The van der Waals surface area contributed by atoms with E-state index < -0.39 is 12.0 Å². The van der Waals surface area contributed by atoms with Crippen molar-refractivity contribution >= 4 is 11.9 Å². The summed E-state index contributed by atoms with van der Waals surface area (Å²) >= 11 is 0. The number of likely N-dealkylation sites (N-methyl/N-ethyl adjacent to an activating group) is 1. The summed E-state index contributed by atoms with van der Waals surface area (Å²) in [6, 6.07) is 15.0. The van der Waals surface area contributed by atoms with Crippen LogP contribution in [0.1, 0.15) is 15.9 Å².